The molecule has 0 amide bonds. The Bertz CT molecular complexity index is 687. The van der Waals surface area contributed by atoms with Gasteiger partial charge in [0, 0.05) is 12.3 Å². The summed E-state index contributed by atoms with van der Waals surface area (Å²) in [5, 5.41) is 0. The molecule has 25 heavy (non-hydrogen) atoms. The maximum Gasteiger partial charge on any atom is 0.302 e. The van der Waals surface area contributed by atoms with Crippen LogP contribution in [-0.2, 0) is 21.4 Å². The van der Waals surface area contributed by atoms with Crippen molar-refractivity contribution < 1.29 is 13.9 Å². The second-order valence-electron chi connectivity index (χ2n) is 9.87. The number of fused-ring (bicyclic) bond motifs is 5. The molecule has 0 saturated heterocycles. The zero-order chi connectivity index (χ0) is 18.0. The van der Waals surface area contributed by atoms with Crippen LogP contribution in [0.5, 0.6) is 0 Å². The summed E-state index contributed by atoms with van der Waals surface area (Å²) in [4.78, 5) is 11.6. The summed E-state index contributed by atoms with van der Waals surface area (Å²) in [6, 6.07) is 0. The molecular formula is C22H32O3. The van der Waals surface area contributed by atoms with Gasteiger partial charge < -0.3 is 9.15 Å². The van der Waals surface area contributed by atoms with Crippen LogP contribution in [0.2, 0.25) is 0 Å². The van der Waals surface area contributed by atoms with Crippen LogP contribution in [0.15, 0.2) is 16.9 Å². The summed E-state index contributed by atoms with van der Waals surface area (Å²) in [6.45, 7) is 11.2. The van der Waals surface area contributed by atoms with Crippen LogP contribution in [0.25, 0.3) is 0 Å². The van der Waals surface area contributed by atoms with Gasteiger partial charge in [0.25, 0.3) is 0 Å². The largest absolute Gasteiger partial charge is 0.472 e. The molecule has 0 spiro atoms. The Morgan fingerprint density at radius 3 is 2.56 bits per heavy atom. The maximum absolute atomic E-state index is 11.6. The molecule has 0 unspecified atom stereocenters. The standard InChI is InChI=1S/C22H32O3/c1-14(23)25-19-9-11-22(5)17(20(19,2)3)8-10-21(4)16-13-24-12-15(16)6-7-18(21)22/h12-13,17-19H,6-11H2,1-5H3/t17-,18-,19+,21-,22-/m0/s1. The molecule has 3 nitrogen and oxygen atoms in total. The van der Waals surface area contributed by atoms with E-state index in [9.17, 15) is 4.79 Å². The molecule has 1 heterocycles. The van der Waals surface area contributed by atoms with Gasteiger partial charge in [0.15, 0.2) is 0 Å². The van der Waals surface area contributed by atoms with E-state index >= 15 is 0 Å². The predicted octanol–water partition coefficient (Wildman–Crippen LogP) is 5.27. The van der Waals surface area contributed by atoms with Crippen molar-refractivity contribution in [1.29, 1.82) is 0 Å². The van der Waals surface area contributed by atoms with Crippen LogP contribution >= 0.6 is 0 Å². The fourth-order valence-corrected chi connectivity index (χ4v) is 7.23. The molecule has 0 radical (unpaired) electrons. The predicted molar refractivity (Wildman–Crippen MR) is 97.3 cm³/mol. The SMILES string of the molecule is CC(=O)O[C@@H]1CC[C@]2(C)[C@H]3CCc4cocc4[C@]3(C)CC[C@H]2C1(C)C. The van der Waals surface area contributed by atoms with Gasteiger partial charge in [-0.1, -0.05) is 27.7 Å². The Labute approximate surface area is 151 Å². The second kappa shape index (κ2) is 5.37. The van der Waals surface area contributed by atoms with Crippen LogP contribution in [0.1, 0.15) is 77.8 Å². The third kappa shape index (κ3) is 2.27. The number of hydrogen-bond acceptors (Lipinski definition) is 3. The topological polar surface area (TPSA) is 39.4 Å². The first-order chi connectivity index (χ1) is 11.7. The van der Waals surface area contributed by atoms with Crippen LogP contribution < -0.4 is 0 Å². The molecule has 1 aromatic heterocycles. The normalized spacial score (nSPS) is 42.0. The summed E-state index contributed by atoms with van der Waals surface area (Å²) in [6.07, 6.45) is 11.0. The molecular weight excluding hydrogens is 312 g/mol. The van der Waals surface area contributed by atoms with E-state index in [1.54, 1.807) is 6.92 Å². The van der Waals surface area contributed by atoms with Gasteiger partial charge in [-0.3, -0.25) is 4.79 Å². The van der Waals surface area contributed by atoms with Gasteiger partial charge in [0.2, 0.25) is 0 Å². The van der Waals surface area contributed by atoms with Crippen molar-refractivity contribution >= 4 is 5.97 Å². The number of esters is 1. The van der Waals surface area contributed by atoms with E-state index in [4.69, 9.17) is 9.15 Å². The average Bonchev–Trinajstić information content (AvgIpc) is 2.99. The van der Waals surface area contributed by atoms with Crippen molar-refractivity contribution in [3.63, 3.8) is 0 Å². The van der Waals surface area contributed by atoms with Crippen molar-refractivity contribution in [2.75, 3.05) is 0 Å². The minimum absolute atomic E-state index is 0.0384. The molecule has 3 heteroatoms. The van der Waals surface area contributed by atoms with Crippen molar-refractivity contribution in [3.8, 4) is 0 Å². The highest BCUT2D eigenvalue weighted by molar-refractivity contribution is 5.66. The Hall–Kier alpha value is -1.25. The molecule has 2 fully saturated rings. The minimum atomic E-state index is -0.136. The number of aryl methyl sites for hydroxylation is 1. The quantitative estimate of drug-likeness (QED) is 0.652. The van der Waals surface area contributed by atoms with Gasteiger partial charge in [-0.2, -0.15) is 0 Å². The Balaban J connectivity index is 1.71. The maximum atomic E-state index is 11.6. The number of rotatable bonds is 1. The Morgan fingerprint density at radius 2 is 1.84 bits per heavy atom. The first kappa shape index (κ1) is 17.2. The van der Waals surface area contributed by atoms with Crippen LogP contribution in [-0.4, -0.2) is 12.1 Å². The smallest absolute Gasteiger partial charge is 0.302 e. The van der Waals surface area contributed by atoms with Gasteiger partial charge in [0.1, 0.15) is 6.10 Å². The molecule has 0 aliphatic heterocycles. The Morgan fingerprint density at radius 1 is 1.08 bits per heavy atom. The van der Waals surface area contributed by atoms with Crippen LogP contribution in [0.3, 0.4) is 0 Å². The zero-order valence-electron chi connectivity index (χ0n) is 16.4. The van der Waals surface area contributed by atoms with Crippen LogP contribution in [0, 0.1) is 22.7 Å². The number of furan rings is 1. The summed E-state index contributed by atoms with van der Waals surface area (Å²) in [5.41, 5.74) is 3.46. The van der Waals surface area contributed by atoms with E-state index < -0.39 is 0 Å². The lowest BCUT2D eigenvalue weighted by Crippen LogP contribution is -2.61. The lowest BCUT2D eigenvalue weighted by molar-refractivity contribution is -0.185. The summed E-state index contributed by atoms with van der Waals surface area (Å²) in [5.74, 6) is 1.15. The lowest BCUT2D eigenvalue weighted by atomic mass is 9.40. The van der Waals surface area contributed by atoms with Gasteiger partial charge in [-0.05, 0) is 72.3 Å². The van der Waals surface area contributed by atoms with Crippen LogP contribution in [0.4, 0.5) is 0 Å². The van der Waals surface area contributed by atoms with E-state index in [0.717, 1.165) is 19.3 Å². The molecule has 3 aliphatic rings. The zero-order valence-corrected chi connectivity index (χ0v) is 16.4. The van der Waals surface area contributed by atoms with Crippen molar-refractivity contribution in [1.82, 2.24) is 0 Å². The monoisotopic (exact) mass is 344 g/mol. The van der Waals surface area contributed by atoms with E-state index in [2.05, 4.69) is 27.7 Å². The van der Waals surface area contributed by atoms with E-state index in [0.29, 0.717) is 17.3 Å². The molecule has 2 saturated carbocycles. The molecule has 138 valence electrons. The second-order valence-corrected chi connectivity index (χ2v) is 9.87. The highest BCUT2D eigenvalue weighted by Gasteiger charge is 2.62. The number of ether oxygens (including phenoxy) is 1. The molecule has 0 bridgehead atoms. The van der Waals surface area contributed by atoms with Gasteiger partial charge >= 0.3 is 5.97 Å². The number of carbonyl (C=O) groups excluding carboxylic acids is 1. The fraction of sp³-hybridized carbons (Fsp3) is 0.773. The minimum Gasteiger partial charge on any atom is -0.472 e. The molecule has 5 atom stereocenters. The number of hydrogen-bond donors (Lipinski definition) is 0. The lowest BCUT2D eigenvalue weighted by Gasteiger charge is -2.64. The van der Waals surface area contributed by atoms with Crippen molar-refractivity contribution in [3.05, 3.63) is 23.7 Å². The Kier molecular flexibility index (Phi) is 3.69. The molecule has 0 N–H and O–H groups in total. The average molecular weight is 344 g/mol. The molecule has 4 rings (SSSR count). The fourth-order valence-electron chi connectivity index (χ4n) is 7.23. The van der Waals surface area contributed by atoms with Crippen molar-refractivity contribution in [2.45, 2.75) is 84.7 Å². The number of carbonyl (C=O) groups is 1. The molecule has 1 aromatic rings. The van der Waals surface area contributed by atoms with E-state index in [1.807, 2.05) is 12.5 Å². The third-order valence-corrected chi connectivity index (χ3v) is 8.35. The summed E-state index contributed by atoms with van der Waals surface area (Å²) >= 11 is 0. The van der Waals surface area contributed by atoms with E-state index in [1.165, 1.54) is 30.4 Å². The first-order valence-electron chi connectivity index (χ1n) is 9.92. The first-order valence-corrected chi connectivity index (χ1v) is 9.92. The summed E-state index contributed by atoms with van der Waals surface area (Å²) < 4.78 is 11.3. The van der Waals surface area contributed by atoms with Crippen molar-refractivity contribution in [2.24, 2.45) is 22.7 Å². The third-order valence-electron chi connectivity index (χ3n) is 8.35. The van der Waals surface area contributed by atoms with Gasteiger partial charge in [-0.25, -0.2) is 0 Å². The summed E-state index contributed by atoms with van der Waals surface area (Å²) in [7, 11) is 0. The van der Waals surface area contributed by atoms with Gasteiger partial charge in [0.05, 0.1) is 12.5 Å². The van der Waals surface area contributed by atoms with Gasteiger partial charge in [-0.15, -0.1) is 0 Å². The molecule has 0 aromatic carbocycles. The van der Waals surface area contributed by atoms with E-state index in [-0.39, 0.29) is 22.9 Å². The highest BCUT2D eigenvalue weighted by Crippen LogP contribution is 2.67. The highest BCUT2D eigenvalue weighted by atomic mass is 16.5. The molecule has 3 aliphatic carbocycles.